The molecule has 1 aliphatic heterocycles. The number of hydrogen-bond acceptors (Lipinski definition) is 3. The fraction of sp³-hybridized carbons (Fsp3) is 0.450. The number of pyridine rings is 1. The fourth-order valence-corrected chi connectivity index (χ4v) is 2.97. The van der Waals surface area contributed by atoms with Gasteiger partial charge in [-0.3, -0.25) is 9.88 Å². The van der Waals surface area contributed by atoms with Crippen LogP contribution in [0.25, 0.3) is 0 Å². The second-order valence-electron chi connectivity index (χ2n) is 6.30. The summed E-state index contributed by atoms with van der Waals surface area (Å²) in [5.74, 6) is 0. The van der Waals surface area contributed by atoms with E-state index in [2.05, 4.69) is 59.5 Å². The van der Waals surface area contributed by atoms with Crippen LogP contribution >= 0.6 is 0 Å². The first kappa shape index (κ1) is 17.6. The average molecular weight is 311 g/mol. The van der Waals surface area contributed by atoms with Crippen LogP contribution in [0, 0.1) is 0 Å². The Balaban J connectivity index is 0.000000168. The topological polar surface area (TPSA) is 28.2 Å². The minimum Gasteiger partial charge on any atom is -0.317 e. The van der Waals surface area contributed by atoms with E-state index in [1.54, 1.807) is 0 Å². The van der Waals surface area contributed by atoms with Crippen LogP contribution in [0.1, 0.15) is 36.9 Å². The molecule has 3 nitrogen and oxygen atoms in total. The normalized spacial score (nSPS) is 19.0. The summed E-state index contributed by atoms with van der Waals surface area (Å²) in [6.45, 7) is 3.41. The summed E-state index contributed by atoms with van der Waals surface area (Å²) >= 11 is 0. The summed E-state index contributed by atoms with van der Waals surface area (Å²) in [6, 6.07) is 15.9. The minimum absolute atomic E-state index is 0.567. The number of likely N-dealkylation sites (tertiary alicyclic amines) is 1. The molecule has 1 aromatic heterocycles. The molecule has 1 fully saturated rings. The van der Waals surface area contributed by atoms with E-state index in [-0.39, 0.29) is 0 Å². The number of nitrogens with one attached hydrogen (secondary N) is 1. The van der Waals surface area contributed by atoms with E-state index in [0.717, 1.165) is 6.42 Å². The van der Waals surface area contributed by atoms with Gasteiger partial charge in [-0.25, -0.2) is 0 Å². The largest absolute Gasteiger partial charge is 0.317 e. The van der Waals surface area contributed by atoms with Gasteiger partial charge in [-0.2, -0.15) is 0 Å². The average Bonchev–Trinajstić information content (AvgIpc) is 3.03. The standard InChI is InChI=1S/C10H14N2.C10H15N/c1-12-7-3-5-10(12)9-4-2-6-11-8-9;1-9(11-2)8-10-6-4-3-5-7-10/h2,4,6,8,10H,3,5,7H2,1H3;3-7,9,11H,8H2,1-2H3/t10-;/m0./s1. The highest BCUT2D eigenvalue weighted by atomic mass is 15.1. The van der Waals surface area contributed by atoms with Gasteiger partial charge in [-0.1, -0.05) is 36.4 Å². The summed E-state index contributed by atoms with van der Waals surface area (Å²) in [5.41, 5.74) is 2.76. The number of rotatable bonds is 4. The molecule has 0 radical (unpaired) electrons. The zero-order valence-corrected chi connectivity index (χ0v) is 14.6. The maximum atomic E-state index is 4.14. The van der Waals surface area contributed by atoms with Crippen LogP contribution in [0.3, 0.4) is 0 Å². The highest BCUT2D eigenvalue weighted by Gasteiger charge is 2.21. The molecule has 1 aliphatic rings. The molecule has 2 aromatic rings. The smallest absolute Gasteiger partial charge is 0.0360 e. The highest BCUT2D eigenvalue weighted by molar-refractivity contribution is 5.16. The number of aromatic nitrogens is 1. The molecule has 23 heavy (non-hydrogen) atoms. The first-order valence-electron chi connectivity index (χ1n) is 8.52. The molecule has 2 heterocycles. The monoisotopic (exact) mass is 311 g/mol. The molecule has 1 unspecified atom stereocenters. The van der Waals surface area contributed by atoms with Crippen LogP contribution in [0.4, 0.5) is 0 Å². The van der Waals surface area contributed by atoms with Crippen molar-refractivity contribution in [1.29, 1.82) is 0 Å². The van der Waals surface area contributed by atoms with Gasteiger partial charge < -0.3 is 5.32 Å². The van der Waals surface area contributed by atoms with Crippen molar-refractivity contribution in [3.8, 4) is 0 Å². The van der Waals surface area contributed by atoms with Gasteiger partial charge in [-0.05, 0) is 64.0 Å². The Labute approximate surface area is 140 Å². The zero-order chi connectivity index (χ0) is 16.5. The van der Waals surface area contributed by atoms with Crippen molar-refractivity contribution in [3.05, 3.63) is 66.0 Å². The van der Waals surface area contributed by atoms with E-state index in [9.17, 15) is 0 Å². The van der Waals surface area contributed by atoms with E-state index < -0.39 is 0 Å². The lowest BCUT2D eigenvalue weighted by Gasteiger charge is -2.18. The summed E-state index contributed by atoms with van der Waals surface area (Å²) < 4.78 is 0. The third-order valence-electron chi connectivity index (χ3n) is 4.47. The third-order valence-corrected chi connectivity index (χ3v) is 4.47. The van der Waals surface area contributed by atoms with E-state index >= 15 is 0 Å². The quantitative estimate of drug-likeness (QED) is 0.933. The summed E-state index contributed by atoms with van der Waals surface area (Å²) in [4.78, 5) is 6.54. The van der Waals surface area contributed by atoms with Gasteiger partial charge in [0, 0.05) is 24.5 Å². The van der Waals surface area contributed by atoms with E-state index in [4.69, 9.17) is 0 Å². The number of likely N-dealkylation sites (N-methyl/N-ethyl adjacent to an activating group) is 1. The molecule has 0 bridgehead atoms. The van der Waals surface area contributed by atoms with Crippen molar-refractivity contribution < 1.29 is 0 Å². The van der Waals surface area contributed by atoms with Crippen molar-refractivity contribution in [2.75, 3.05) is 20.6 Å². The first-order valence-corrected chi connectivity index (χ1v) is 8.52. The van der Waals surface area contributed by atoms with Gasteiger partial charge in [0.15, 0.2) is 0 Å². The van der Waals surface area contributed by atoms with Crippen LogP contribution in [0.5, 0.6) is 0 Å². The molecular formula is C20H29N3. The second-order valence-corrected chi connectivity index (χ2v) is 6.30. The first-order chi connectivity index (χ1) is 11.2. The minimum atomic E-state index is 0.567. The van der Waals surface area contributed by atoms with E-state index in [0.29, 0.717) is 12.1 Å². The molecule has 0 aliphatic carbocycles. The molecule has 0 amide bonds. The summed E-state index contributed by atoms with van der Waals surface area (Å²) in [5, 5.41) is 3.21. The molecule has 1 aromatic carbocycles. The van der Waals surface area contributed by atoms with Crippen molar-refractivity contribution >= 4 is 0 Å². The van der Waals surface area contributed by atoms with E-state index in [1.807, 2.05) is 31.6 Å². The third kappa shape index (κ3) is 5.77. The second kappa shape index (κ2) is 9.43. The Morgan fingerprint density at radius 2 is 2.00 bits per heavy atom. The van der Waals surface area contributed by atoms with Crippen LogP contribution in [-0.4, -0.2) is 36.6 Å². The van der Waals surface area contributed by atoms with E-state index in [1.165, 1.54) is 30.5 Å². The molecule has 3 heteroatoms. The van der Waals surface area contributed by atoms with Crippen LogP contribution in [0.15, 0.2) is 54.9 Å². The summed E-state index contributed by atoms with van der Waals surface area (Å²) in [6.07, 6.45) is 7.51. The van der Waals surface area contributed by atoms with Crippen LogP contribution < -0.4 is 5.32 Å². The number of nitrogens with zero attached hydrogens (tertiary/aromatic N) is 2. The van der Waals surface area contributed by atoms with Gasteiger partial charge in [0.05, 0.1) is 0 Å². The Bertz CT molecular complexity index is 541. The predicted molar refractivity (Wildman–Crippen MR) is 97.5 cm³/mol. The Morgan fingerprint density at radius 3 is 2.57 bits per heavy atom. The molecule has 1 N–H and O–H groups in total. The Hall–Kier alpha value is -1.71. The fourth-order valence-electron chi connectivity index (χ4n) is 2.97. The van der Waals surface area contributed by atoms with Crippen molar-refractivity contribution in [2.45, 2.75) is 38.3 Å². The Morgan fingerprint density at radius 1 is 1.22 bits per heavy atom. The highest BCUT2D eigenvalue weighted by Crippen LogP contribution is 2.29. The van der Waals surface area contributed by atoms with Crippen LogP contribution in [-0.2, 0) is 6.42 Å². The molecule has 0 saturated carbocycles. The molecule has 0 spiro atoms. The van der Waals surface area contributed by atoms with Crippen molar-refractivity contribution in [1.82, 2.24) is 15.2 Å². The molecule has 3 rings (SSSR count). The van der Waals surface area contributed by atoms with Gasteiger partial charge in [-0.15, -0.1) is 0 Å². The zero-order valence-electron chi connectivity index (χ0n) is 14.6. The SMILES string of the molecule is CN1CCC[C@H]1c1cccnc1.CNC(C)Cc1ccccc1. The predicted octanol–water partition coefficient (Wildman–Crippen LogP) is 3.69. The molecule has 2 atom stereocenters. The van der Waals surface area contributed by atoms with Gasteiger partial charge in [0.25, 0.3) is 0 Å². The lowest BCUT2D eigenvalue weighted by atomic mass is 10.1. The lowest BCUT2D eigenvalue weighted by Crippen LogP contribution is -2.23. The molecule has 1 saturated heterocycles. The van der Waals surface area contributed by atoms with Crippen LogP contribution in [0.2, 0.25) is 0 Å². The lowest BCUT2D eigenvalue weighted by molar-refractivity contribution is 0.317. The van der Waals surface area contributed by atoms with Gasteiger partial charge in [0.1, 0.15) is 0 Å². The molecule has 124 valence electrons. The number of benzene rings is 1. The number of hydrogen-bond donors (Lipinski definition) is 1. The van der Waals surface area contributed by atoms with Crippen molar-refractivity contribution in [3.63, 3.8) is 0 Å². The van der Waals surface area contributed by atoms with Gasteiger partial charge in [0.2, 0.25) is 0 Å². The van der Waals surface area contributed by atoms with Gasteiger partial charge >= 0.3 is 0 Å². The Kier molecular flexibility index (Phi) is 7.24. The molecular weight excluding hydrogens is 282 g/mol. The maximum Gasteiger partial charge on any atom is 0.0360 e. The maximum absolute atomic E-state index is 4.14. The van der Waals surface area contributed by atoms with Crippen molar-refractivity contribution in [2.24, 2.45) is 0 Å². The summed E-state index contributed by atoms with van der Waals surface area (Å²) in [7, 11) is 4.18.